The molecule has 0 aromatic carbocycles. The van der Waals surface area contributed by atoms with Crippen molar-refractivity contribution < 1.29 is 14.3 Å². The van der Waals surface area contributed by atoms with E-state index in [1.165, 1.54) is 11.8 Å². The number of ether oxygens (including phenoxy) is 1. The smallest absolute Gasteiger partial charge is 0.348 e. The molecule has 2 aromatic rings. The van der Waals surface area contributed by atoms with E-state index in [1.54, 1.807) is 19.9 Å². The van der Waals surface area contributed by atoms with Crippen molar-refractivity contribution in [2.45, 2.75) is 38.9 Å². The summed E-state index contributed by atoms with van der Waals surface area (Å²) in [6.07, 6.45) is 2.47. The largest absolute Gasteiger partial charge is 0.462 e. The molecule has 0 saturated heterocycles. The van der Waals surface area contributed by atoms with Gasteiger partial charge in [0.25, 0.3) is 0 Å². The number of carbonyl (C=O) groups excluding carboxylic acids is 2. The molecule has 2 aromatic heterocycles. The van der Waals surface area contributed by atoms with E-state index >= 15 is 0 Å². The molecule has 0 fully saturated rings. The fraction of sp³-hybridized carbons (Fsp3) is 0.389. The van der Waals surface area contributed by atoms with E-state index in [4.69, 9.17) is 4.74 Å². The molecule has 8 nitrogen and oxygen atoms in total. The first-order chi connectivity index (χ1) is 13.5. The molecule has 0 saturated carbocycles. The van der Waals surface area contributed by atoms with Crippen LogP contribution >= 0.6 is 23.1 Å². The van der Waals surface area contributed by atoms with Gasteiger partial charge in [0, 0.05) is 13.0 Å². The molecular formula is C18H21N5O3S2. The minimum atomic E-state index is -0.499. The van der Waals surface area contributed by atoms with E-state index in [0.717, 1.165) is 23.6 Å². The number of esters is 1. The van der Waals surface area contributed by atoms with Gasteiger partial charge in [0.05, 0.1) is 17.9 Å². The Morgan fingerprint density at radius 1 is 1.43 bits per heavy atom. The van der Waals surface area contributed by atoms with Crippen LogP contribution in [0.1, 0.15) is 40.5 Å². The number of anilines is 1. The molecular weight excluding hydrogens is 398 g/mol. The molecule has 0 aliphatic carbocycles. The predicted molar refractivity (Wildman–Crippen MR) is 109 cm³/mol. The molecule has 0 unspecified atom stereocenters. The number of nitrogens with one attached hydrogen (secondary N) is 1. The van der Waals surface area contributed by atoms with E-state index < -0.39 is 5.97 Å². The van der Waals surface area contributed by atoms with Crippen LogP contribution < -0.4 is 5.32 Å². The summed E-state index contributed by atoms with van der Waals surface area (Å²) in [7, 11) is 0. The van der Waals surface area contributed by atoms with Crippen LogP contribution in [0.3, 0.4) is 0 Å². The fourth-order valence-corrected chi connectivity index (χ4v) is 4.25. The van der Waals surface area contributed by atoms with Gasteiger partial charge in [0.2, 0.25) is 5.91 Å². The van der Waals surface area contributed by atoms with Crippen LogP contribution in [0.15, 0.2) is 17.8 Å². The highest BCUT2D eigenvalue weighted by molar-refractivity contribution is 7.99. The average Bonchev–Trinajstić information content (AvgIpc) is 3.20. The summed E-state index contributed by atoms with van der Waals surface area (Å²) < 4.78 is 6.90. The molecule has 0 aliphatic rings. The molecule has 1 N–H and O–H groups in total. The Labute approximate surface area is 171 Å². The number of hydrogen-bond acceptors (Lipinski definition) is 8. The number of thiophene rings is 1. The number of thioether (sulfide) groups is 1. The highest BCUT2D eigenvalue weighted by Crippen LogP contribution is 2.33. The van der Waals surface area contributed by atoms with Crippen molar-refractivity contribution in [2.24, 2.45) is 0 Å². The Morgan fingerprint density at radius 3 is 2.79 bits per heavy atom. The van der Waals surface area contributed by atoms with E-state index in [-0.39, 0.29) is 23.8 Å². The van der Waals surface area contributed by atoms with Gasteiger partial charge in [-0.15, -0.1) is 28.1 Å². The van der Waals surface area contributed by atoms with E-state index in [1.807, 2.05) is 17.6 Å². The highest BCUT2D eigenvalue weighted by Gasteiger charge is 2.22. The van der Waals surface area contributed by atoms with Crippen LogP contribution in [0.4, 0.5) is 5.00 Å². The van der Waals surface area contributed by atoms with Crippen molar-refractivity contribution in [2.75, 3.05) is 17.7 Å². The second kappa shape index (κ2) is 10.1. The highest BCUT2D eigenvalue weighted by atomic mass is 32.2. The number of rotatable bonds is 9. The first-order valence-electron chi connectivity index (χ1n) is 8.62. The standard InChI is InChI=1S/C18H21N5O3S2/c1-5-8-23-13(6-2)21-22-18(23)27-10-14(24)20-16-12(9-19)11(4)15(28-16)17(25)26-7-3/h5H,1,6-8,10H2,2-4H3,(H,20,24). The average molecular weight is 420 g/mol. The number of allylic oxidation sites excluding steroid dienone is 1. The molecule has 148 valence electrons. The zero-order valence-electron chi connectivity index (χ0n) is 15.9. The number of aromatic nitrogens is 3. The molecule has 0 spiro atoms. The second-order valence-electron chi connectivity index (χ2n) is 5.58. The summed E-state index contributed by atoms with van der Waals surface area (Å²) in [6, 6.07) is 2.04. The lowest BCUT2D eigenvalue weighted by Crippen LogP contribution is -2.14. The maximum atomic E-state index is 12.4. The second-order valence-corrected chi connectivity index (χ2v) is 7.54. The van der Waals surface area contributed by atoms with Crippen molar-refractivity contribution in [1.29, 1.82) is 5.26 Å². The van der Waals surface area contributed by atoms with Gasteiger partial charge in [-0.2, -0.15) is 5.26 Å². The van der Waals surface area contributed by atoms with Gasteiger partial charge in [-0.05, 0) is 19.4 Å². The molecule has 2 rings (SSSR count). The Morgan fingerprint density at radius 2 is 2.18 bits per heavy atom. The van der Waals surface area contributed by atoms with Crippen LogP contribution in [0.5, 0.6) is 0 Å². The molecule has 0 atom stereocenters. The summed E-state index contributed by atoms with van der Waals surface area (Å²) in [4.78, 5) is 24.7. The van der Waals surface area contributed by atoms with Gasteiger partial charge in [-0.3, -0.25) is 4.79 Å². The number of nitriles is 1. The van der Waals surface area contributed by atoms with Crippen LogP contribution in [0.25, 0.3) is 0 Å². The van der Waals surface area contributed by atoms with Crippen molar-refractivity contribution >= 4 is 40.0 Å². The van der Waals surface area contributed by atoms with Gasteiger partial charge >= 0.3 is 5.97 Å². The maximum Gasteiger partial charge on any atom is 0.348 e. The van der Waals surface area contributed by atoms with Crippen molar-refractivity contribution in [3.63, 3.8) is 0 Å². The third-order valence-corrected chi connectivity index (χ3v) is 5.88. The lowest BCUT2D eigenvalue weighted by molar-refractivity contribution is -0.113. The zero-order chi connectivity index (χ0) is 20.7. The lowest BCUT2D eigenvalue weighted by Gasteiger charge is -2.06. The van der Waals surface area contributed by atoms with Crippen LogP contribution in [-0.4, -0.2) is 39.0 Å². The lowest BCUT2D eigenvalue weighted by atomic mass is 10.2. The fourth-order valence-electron chi connectivity index (χ4n) is 2.42. The molecule has 10 heteroatoms. The van der Waals surface area contributed by atoms with E-state index in [9.17, 15) is 14.9 Å². The topological polar surface area (TPSA) is 110 Å². The minimum Gasteiger partial charge on any atom is -0.462 e. The van der Waals surface area contributed by atoms with Gasteiger partial charge in [0.15, 0.2) is 5.16 Å². The number of amides is 1. The van der Waals surface area contributed by atoms with Crippen molar-refractivity contribution in [3.8, 4) is 6.07 Å². The maximum absolute atomic E-state index is 12.4. The zero-order valence-corrected chi connectivity index (χ0v) is 17.6. The van der Waals surface area contributed by atoms with Crippen molar-refractivity contribution in [1.82, 2.24) is 14.8 Å². The molecule has 0 aliphatic heterocycles. The van der Waals surface area contributed by atoms with Crippen LogP contribution in [0.2, 0.25) is 0 Å². The monoisotopic (exact) mass is 419 g/mol. The van der Waals surface area contributed by atoms with E-state index in [2.05, 4.69) is 22.1 Å². The Kier molecular flexibility index (Phi) is 7.78. The van der Waals surface area contributed by atoms with Gasteiger partial charge in [-0.1, -0.05) is 24.8 Å². The third kappa shape index (κ3) is 4.79. The first kappa shape index (κ1) is 21.7. The summed E-state index contributed by atoms with van der Waals surface area (Å²) in [5, 5.41) is 21.3. The molecule has 28 heavy (non-hydrogen) atoms. The summed E-state index contributed by atoms with van der Waals surface area (Å²) >= 11 is 2.29. The van der Waals surface area contributed by atoms with Gasteiger partial charge in [-0.25, -0.2) is 4.79 Å². The summed E-state index contributed by atoms with van der Waals surface area (Å²) in [5.41, 5.74) is 0.779. The number of carbonyl (C=O) groups is 2. The quantitative estimate of drug-likeness (QED) is 0.377. The number of aryl methyl sites for hydroxylation is 1. The van der Waals surface area contributed by atoms with E-state index in [0.29, 0.717) is 27.1 Å². The summed E-state index contributed by atoms with van der Waals surface area (Å²) in [5.74, 6) is 0.114. The molecule has 0 radical (unpaired) electrons. The van der Waals surface area contributed by atoms with Gasteiger partial charge < -0.3 is 14.6 Å². The summed E-state index contributed by atoms with van der Waals surface area (Å²) in [6.45, 7) is 9.88. The molecule has 1 amide bonds. The third-order valence-electron chi connectivity index (χ3n) is 3.73. The Bertz CT molecular complexity index is 927. The SMILES string of the molecule is C=CCn1c(CC)nnc1SCC(=O)Nc1sc(C(=O)OCC)c(C)c1C#N. The van der Waals surface area contributed by atoms with Crippen LogP contribution in [0, 0.1) is 18.3 Å². The minimum absolute atomic E-state index is 0.0928. The Hall–Kier alpha value is -2.64. The Balaban J connectivity index is 2.11. The normalized spacial score (nSPS) is 10.4. The van der Waals surface area contributed by atoms with Crippen molar-refractivity contribution in [3.05, 3.63) is 34.5 Å². The predicted octanol–water partition coefficient (Wildman–Crippen LogP) is 3.18. The van der Waals surface area contributed by atoms with Crippen LogP contribution in [-0.2, 0) is 22.5 Å². The first-order valence-corrected chi connectivity index (χ1v) is 10.4. The van der Waals surface area contributed by atoms with Gasteiger partial charge in [0.1, 0.15) is 21.8 Å². The molecule has 2 heterocycles. The number of nitrogens with zero attached hydrogens (tertiary/aromatic N) is 4. The molecule has 0 bridgehead atoms. The number of hydrogen-bond donors (Lipinski definition) is 1.